The summed E-state index contributed by atoms with van der Waals surface area (Å²) in [6.45, 7) is 2.02. The van der Waals surface area contributed by atoms with E-state index < -0.39 is 5.41 Å². The molecule has 0 aromatic heterocycles. The summed E-state index contributed by atoms with van der Waals surface area (Å²) in [5, 5.41) is 3.48. The first-order valence-electron chi connectivity index (χ1n) is 10.5. The van der Waals surface area contributed by atoms with Crippen molar-refractivity contribution in [1.29, 1.82) is 0 Å². The van der Waals surface area contributed by atoms with Gasteiger partial charge in [0.05, 0.1) is 0 Å². The highest BCUT2D eigenvalue weighted by atomic mass is 35.5. The van der Waals surface area contributed by atoms with E-state index in [1.807, 2.05) is 37.3 Å². The lowest BCUT2D eigenvalue weighted by Gasteiger charge is -2.23. The number of carbonyl (C=O) groups excluding carboxylic acids is 2. The van der Waals surface area contributed by atoms with Crippen molar-refractivity contribution in [2.45, 2.75) is 12.3 Å². The molecule has 1 N–H and O–H groups in total. The fourth-order valence-electron chi connectivity index (χ4n) is 4.82. The van der Waals surface area contributed by atoms with E-state index in [-0.39, 0.29) is 31.8 Å². The van der Waals surface area contributed by atoms with Gasteiger partial charge in [-0.1, -0.05) is 29.8 Å². The third-order valence-corrected chi connectivity index (χ3v) is 6.64. The van der Waals surface area contributed by atoms with Crippen LogP contribution >= 0.6 is 11.6 Å². The van der Waals surface area contributed by atoms with Crippen LogP contribution < -0.4 is 24.4 Å². The quantitative estimate of drug-likeness (QED) is 0.635. The number of para-hydroxylation sites is 1. The molecule has 166 valence electrons. The minimum atomic E-state index is -1.04. The van der Waals surface area contributed by atoms with Crippen molar-refractivity contribution in [1.82, 2.24) is 0 Å². The zero-order chi connectivity index (χ0) is 22.7. The van der Waals surface area contributed by atoms with Crippen molar-refractivity contribution in [2.75, 3.05) is 30.2 Å². The predicted molar refractivity (Wildman–Crippen MR) is 122 cm³/mol. The lowest BCUT2D eigenvalue weighted by atomic mass is 9.77. The molecule has 0 saturated carbocycles. The number of hydrogen-bond acceptors (Lipinski definition) is 5. The van der Waals surface area contributed by atoms with Gasteiger partial charge in [0.25, 0.3) is 0 Å². The van der Waals surface area contributed by atoms with Gasteiger partial charge in [-0.05, 0) is 48.4 Å². The third-order valence-electron chi connectivity index (χ3n) is 6.41. The van der Waals surface area contributed by atoms with E-state index >= 15 is 0 Å². The lowest BCUT2D eigenvalue weighted by Crippen LogP contribution is -2.45. The highest BCUT2D eigenvalue weighted by Gasteiger charge is 2.57. The first-order valence-corrected chi connectivity index (χ1v) is 10.9. The summed E-state index contributed by atoms with van der Waals surface area (Å²) in [4.78, 5) is 28.4. The van der Waals surface area contributed by atoms with Crippen LogP contribution in [0.15, 0.2) is 54.6 Å². The molecular formula is C25H19ClN2O5. The number of ether oxygens (including phenoxy) is 3. The van der Waals surface area contributed by atoms with Gasteiger partial charge in [-0.15, -0.1) is 0 Å². The Kier molecular flexibility index (Phi) is 4.32. The fourth-order valence-corrected chi connectivity index (χ4v) is 5.05. The number of amides is 2. The Labute approximate surface area is 194 Å². The normalized spacial score (nSPS) is 19.5. The van der Waals surface area contributed by atoms with Crippen molar-refractivity contribution in [3.63, 3.8) is 0 Å². The molecule has 3 aromatic rings. The van der Waals surface area contributed by atoms with Crippen molar-refractivity contribution in [3.8, 4) is 17.2 Å². The Hall–Kier alpha value is -3.71. The molecule has 8 heteroatoms. The molecule has 33 heavy (non-hydrogen) atoms. The van der Waals surface area contributed by atoms with Crippen LogP contribution in [0.2, 0.25) is 5.02 Å². The molecular weight excluding hydrogens is 444 g/mol. The van der Waals surface area contributed by atoms with Gasteiger partial charge >= 0.3 is 0 Å². The second-order valence-corrected chi connectivity index (χ2v) is 8.75. The van der Waals surface area contributed by atoms with Crippen LogP contribution in [-0.4, -0.2) is 31.8 Å². The summed E-state index contributed by atoms with van der Waals surface area (Å²) < 4.78 is 17.0. The molecule has 1 atom stereocenters. The minimum Gasteiger partial charge on any atom is -0.491 e. The van der Waals surface area contributed by atoms with Gasteiger partial charge in [-0.25, -0.2) is 0 Å². The minimum absolute atomic E-state index is 0.125. The number of hydrogen-bond donors (Lipinski definition) is 1. The predicted octanol–water partition coefficient (Wildman–Crippen LogP) is 4.04. The van der Waals surface area contributed by atoms with E-state index in [1.165, 1.54) is 4.90 Å². The van der Waals surface area contributed by atoms with Crippen LogP contribution in [0.25, 0.3) is 0 Å². The Morgan fingerprint density at radius 2 is 1.82 bits per heavy atom. The van der Waals surface area contributed by atoms with Crippen LogP contribution in [0.1, 0.15) is 16.7 Å². The molecule has 0 fully saturated rings. The number of halogens is 1. The van der Waals surface area contributed by atoms with E-state index in [2.05, 4.69) is 5.32 Å². The largest absolute Gasteiger partial charge is 0.491 e. The molecule has 1 unspecified atom stereocenters. The van der Waals surface area contributed by atoms with Crippen molar-refractivity contribution >= 4 is 34.8 Å². The summed E-state index contributed by atoms with van der Waals surface area (Å²) in [5.41, 5.74) is 2.68. The molecule has 0 aliphatic carbocycles. The molecule has 0 saturated heterocycles. The average molecular weight is 463 g/mol. The van der Waals surface area contributed by atoms with Crippen molar-refractivity contribution in [2.24, 2.45) is 0 Å². The zero-order valence-corrected chi connectivity index (χ0v) is 18.4. The second-order valence-electron chi connectivity index (χ2n) is 8.31. The van der Waals surface area contributed by atoms with Gasteiger partial charge in [0.15, 0.2) is 11.5 Å². The number of aryl methyl sites for hydroxylation is 1. The first-order chi connectivity index (χ1) is 16.0. The molecule has 6 rings (SSSR count). The monoisotopic (exact) mass is 462 g/mol. The number of fused-ring (bicyclic) bond motifs is 5. The Bertz CT molecular complexity index is 1340. The molecule has 0 radical (unpaired) electrons. The van der Waals surface area contributed by atoms with Crippen LogP contribution in [0.3, 0.4) is 0 Å². The SMILES string of the molecule is Cc1cc(Cl)ccc1NC(=O)CN1C(=O)C2(COc3cc4c(cc32)OCO4)c2ccccc21. The third kappa shape index (κ3) is 2.89. The van der Waals surface area contributed by atoms with Crippen LogP contribution in [-0.2, 0) is 15.0 Å². The molecule has 0 bridgehead atoms. The maximum absolute atomic E-state index is 13.9. The Morgan fingerprint density at radius 1 is 1.03 bits per heavy atom. The highest BCUT2D eigenvalue weighted by Crippen LogP contribution is 2.54. The Balaban J connectivity index is 1.36. The lowest BCUT2D eigenvalue weighted by molar-refractivity contribution is -0.124. The topological polar surface area (TPSA) is 77.1 Å². The van der Waals surface area contributed by atoms with Gasteiger partial charge in [-0.2, -0.15) is 0 Å². The number of rotatable bonds is 3. The van der Waals surface area contributed by atoms with Gasteiger partial charge in [-0.3, -0.25) is 9.59 Å². The molecule has 3 aliphatic rings. The molecule has 2 amide bonds. The van der Waals surface area contributed by atoms with Crippen LogP contribution in [0.4, 0.5) is 11.4 Å². The summed E-state index contributed by atoms with van der Waals surface area (Å²) in [5.74, 6) is 1.26. The Morgan fingerprint density at radius 3 is 2.64 bits per heavy atom. The highest BCUT2D eigenvalue weighted by molar-refractivity contribution is 6.30. The molecule has 3 heterocycles. The number of anilines is 2. The van der Waals surface area contributed by atoms with Gasteiger partial charge in [0.1, 0.15) is 24.3 Å². The summed E-state index contributed by atoms with van der Waals surface area (Å²) in [7, 11) is 0. The van der Waals surface area contributed by atoms with Gasteiger partial charge < -0.3 is 24.4 Å². The maximum atomic E-state index is 13.9. The van der Waals surface area contributed by atoms with E-state index in [9.17, 15) is 9.59 Å². The zero-order valence-electron chi connectivity index (χ0n) is 17.7. The van der Waals surface area contributed by atoms with E-state index in [1.54, 1.807) is 24.3 Å². The van der Waals surface area contributed by atoms with Crippen LogP contribution in [0.5, 0.6) is 17.2 Å². The number of carbonyl (C=O) groups is 2. The molecule has 1 spiro atoms. The fraction of sp³-hybridized carbons (Fsp3) is 0.200. The number of nitrogens with one attached hydrogen (secondary N) is 1. The van der Waals surface area contributed by atoms with Gasteiger partial charge in [0.2, 0.25) is 18.6 Å². The van der Waals surface area contributed by atoms with Crippen molar-refractivity contribution < 1.29 is 23.8 Å². The van der Waals surface area contributed by atoms with Crippen LogP contribution in [0, 0.1) is 6.92 Å². The second kappa shape index (κ2) is 7.15. The number of nitrogens with zero attached hydrogens (tertiary/aromatic N) is 1. The molecule has 3 aromatic carbocycles. The first kappa shape index (κ1) is 19.9. The summed E-state index contributed by atoms with van der Waals surface area (Å²) in [6.07, 6.45) is 0. The average Bonchev–Trinajstić information content (AvgIpc) is 3.47. The van der Waals surface area contributed by atoms with E-state index in [0.717, 1.165) is 16.7 Å². The van der Waals surface area contributed by atoms with E-state index in [0.29, 0.717) is 33.6 Å². The van der Waals surface area contributed by atoms with Gasteiger partial charge in [0, 0.05) is 28.0 Å². The maximum Gasteiger partial charge on any atom is 0.246 e. The number of benzene rings is 3. The standard InChI is InChI=1S/C25H19ClN2O5/c1-14-8-15(26)6-7-18(14)27-23(29)11-28-19-5-3-2-4-16(19)25(24(28)30)12-31-20-10-22-21(9-17(20)25)32-13-33-22/h2-10H,11-13H2,1H3,(H,27,29). The molecule has 7 nitrogen and oxygen atoms in total. The molecule has 3 aliphatic heterocycles. The van der Waals surface area contributed by atoms with E-state index in [4.69, 9.17) is 25.8 Å². The van der Waals surface area contributed by atoms with Crippen molar-refractivity contribution in [3.05, 3.63) is 76.3 Å². The summed E-state index contributed by atoms with van der Waals surface area (Å²) >= 11 is 6.02. The summed E-state index contributed by atoms with van der Waals surface area (Å²) in [6, 6.07) is 16.3. The smallest absolute Gasteiger partial charge is 0.246 e.